The van der Waals surface area contributed by atoms with Gasteiger partial charge in [-0.15, -0.1) is 10.2 Å². The average Bonchev–Trinajstić information content (AvgIpc) is 2.81. The van der Waals surface area contributed by atoms with Crippen LogP contribution in [0.1, 0.15) is 45.5 Å². The lowest BCUT2D eigenvalue weighted by Crippen LogP contribution is -2.42. The number of hydrogen-bond donors (Lipinski definition) is 1. The van der Waals surface area contributed by atoms with Gasteiger partial charge in [-0.1, -0.05) is 6.07 Å². The maximum atomic E-state index is 5.79. The summed E-state index contributed by atoms with van der Waals surface area (Å²) in [6.45, 7) is 6.43. The van der Waals surface area contributed by atoms with E-state index >= 15 is 0 Å². The first-order valence-corrected chi connectivity index (χ1v) is 7.34. The van der Waals surface area contributed by atoms with E-state index in [-0.39, 0.29) is 6.04 Å². The van der Waals surface area contributed by atoms with Crippen LogP contribution in [0.4, 0.5) is 0 Å². The van der Waals surface area contributed by atoms with Crippen molar-refractivity contribution < 1.29 is 4.74 Å². The zero-order chi connectivity index (χ0) is 14.1. The summed E-state index contributed by atoms with van der Waals surface area (Å²) in [5, 5.41) is 12.2. The molecule has 0 radical (unpaired) electrons. The zero-order valence-corrected chi connectivity index (χ0v) is 12.3. The van der Waals surface area contributed by atoms with Crippen molar-refractivity contribution in [2.75, 3.05) is 0 Å². The molecule has 0 spiro atoms. The molecular formula is C15H22N4O. The van der Waals surface area contributed by atoms with Gasteiger partial charge >= 0.3 is 0 Å². The zero-order valence-electron chi connectivity index (χ0n) is 12.3. The van der Waals surface area contributed by atoms with Gasteiger partial charge in [0.15, 0.2) is 11.5 Å². The number of aromatic nitrogens is 3. The van der Waals surface area contributed by atoms with Crippen molar-refractivity contribution >= 4 is 5.65 Å². The number of ether oxygens (including phenoxy) is 1. The summed E-state index contributed by atoms with van der Waals surface area (Å²) in [6.07, 6.45) is 4.74. The molecule has 0 bridgehead atoms. The second-order valence-electron chi connectivity index (χ2n) is 5.80. The minimum atomic E-state index is 0.176. The third-order valence-electron chi connectivity index (χ3n) is 3.91. The number of rotatable bonds is 3. The summed E-state index contributed by atoms with van der Waals surface area (Å²) < 4.78 is 7.83. The number of pyridine rings is 1. The normalized spacial score (nSPS) is 28.6. The summed E-state index contributed by atoms with van der Waals surface area (Å²) in [7, 11) is 0. The van der Waals surface area contributed by atoms with Crippen molar-refractivity contribution in [3.05, 3.63) is 30.2 Å². The highest BCUT2D eigenvalue weighted by atomic mass is 16.5. The lowest BCUT2D eigenvalue weighted by atomic mass is 9.99. The third-order valence-corrected chi connectivity index (χ3v) is 3.91. The van der Waals surface area contributed by atoms with Crippen LogP contribution in [0.5, 0.6) is 0 Å². The van der Waals surface area contributed by atoms with E-state index in [9.17, 15) is 0 Å². The Labute approximate surface area is 119 Å². The minimum Gasteiger partial charge on any atom is -0.375 e. The van der Waals surface area contributed by atoms with E-state index < -0.39 is 0 Å². The van der Waals surface area contributed by atoms with Crippen molar-refractivity contribution in [2.24, 2.45) is 0 Å². The van der Waals surface area contributed by atoms with E-state index in [1.165, 1.54) is 0 Å². The number of nitrogens with one attached hydrogen (secondary N) is 1. The summed E-state index contributed by atoms with van der Waals surface area (Å²) in [5.74, 6) is 0.965. The van der Waals surface area contributed by atoms with E-state index in [2.05, 4.69) is 36.3 Å². The SMILES string of the molecule is CC1CC(NC(C)c2nnc3ccccn23)CC(C)O1. The van der Waals surface area contributed by atoms with Gasteiger partial charge in [0.25, 0.3) is 0 Å². The molecule has 3 heterocycles. The van der Waals surface area contributed by atoms with Gasteiger partial charge in [-0.05, 0) is 45.7 Å². The molecule has 0 aromatic carbocycles. The molecule has 5 nitrogen and oxygen atoms in total. The van der Waals surface area contributed by atoms with Gasteiger partial charge in [-0.2, -0.15) is 0 Å². The second kappa shape index (κ2) is 5.50. The van der Waals surface area contributed by atoms with Crippen LogP contribution in [0.25, 0.3) is 5.65 Å². The van der Waals surface area contributed by atoms with E-state index in [0.29, 0.717) is 18.2 Å². The van der Waals surface area contributed by atoms with Crippen LogP contribution in [0, 0.1) is 0 Å². The van der Waals surface area contributed by atoms with Crippen molar-refractivity contribution in [1.29, 1.82) is 0 Å². The molecule has 0 amide bonds. The molecule has 1 aliphatic rings. The van der Waals surface area contributed by atoms with Crippen molar-refractivity contribution in [3.63, 3.8) is 0 Å². The Morgan fingerprint density at radius 3 is 2.75 bits per heavy atom. The Morgan fingerprint density at radius 1 is 1.25 bits per heavy atom. The van der Waals surface area contributed by atoms with Crippen LogP contribution in [0.2, 0.25) is 0 Å². The van der Waals surface area contributed by atoms with E-state index in [4.69, 9.17) is 4.74 Å². The van der Waals surface area contributed by atoms with Gasteiger partial charge in [0.05, 0.1) is 18.2 Å². The third kappa shape index (κ3) is 2.69. The molecule has 20 heavy (non-hydrogen) atoms. The predicted octanol–water partition coefficient (Wildman–Crippen LogP) is 2.34. The lowest BCUT2D eigenvalue weighted by molar-refractivity contribution is -0.0435. The topological polar surface area (TPSA) is 51.5 Å². The first kappa shape index (κ1) is 13.5. The largest absolute Gasteiger partial charge is 0.375 e. The molecular weight excluding hydrogens is 252 g/mol. The number of hydrogen-bond acceptors (Lipinski definition) is 4. The lowest BCUT2D eigenvalue weighted by Gasteiger charge is -2.34. The van der Waals surface area contributed by atoms with Crippen LogP contribution in [0.15, 0.2) is 24.4 Å². The Hall–Kier alpha value is -1.46. The first-order valence-electron chi connectivity index (χ1n) is 7.34. The molecule has 3 rings (SSSR count). The van der Waals surface area contributed by atoms with Crippen LogP contribution in [-0.4, -0.2) is 32.8 Å². The Bertz CT molecular complexity index is 572. The number of fused-ring (bicyclic) bond motifs is 1. The molecule has 1 saturated heterocycles. The first-order chi connectivity index (χ1) is 9.63. The molecule has 1 fully saturated rings. The van der Waals surface area contributed by atoms with Crippen molar-refractivity contribution in [3.8, 4) is 0 Å². The molecule has 0 saturated carbocycles. The Kier molecular flexibility index (Phi) is 3.72. The van der Waals surface area contributed by atoms with Crippen molar-refractivity contribution in [2.45, 2.75) is 57.9 Å². The summed E-state index contributed by atoms with van der Waals surface area (Å²) in [6, 6.07) is 6.61. The maximum Gasteiger partial charge on any atom is 0.160 e. The highest BCUT2D eigenvalue weighted by Gasteiger charge is 2.26. The van der Waals surface area contributed by atoms with Crippen LogP contribution >= 0.6 is 0 Å². The van der Waals surface area contributed by atoms with E-state index in [1.807, 2.05) is 28.8 Å². The average molecular weight is 274 g/mol. The maximum absolute atomic E-state index is 5.79. The van der Waals surface area contributed by atoms with Gasteiger partial charge in [-0.3, -0.25) is 4.40 Å². The Morgan fingerprint density at radius 2 is 2.00 bits per heavy atom. The summed E-state index contributed by atoms with van der Waals surface area (Å²) in [5.41, 5.74) is 0.893. The standard InChI is InChI=1S/C15H22N4O/c1-10-8-13(9-11(2)20-10)16-12(3)15-18-17-14-6-4-5-7-19(14)15/h4-7,10-13,16H,8-9H2,1-3H3. The molecule has 108 valence electrons. The van der Waals surface area contributed by atoms with Gasteiger partial charge in [0.2, 0.25) is 0 Å². The van der Waals surface area contributed by atoms with Crippen molar-refractivity contribution in [1.82, 2.24) is 19.9 Å². The highest BCUT2D eigenvalue weighted by Crippen LogP contribution is 2.22. The van der Waals surface area contributed by atoms with Gasteiger partial charge in [0.1, 0.15) is 0 Å². The van der Waals surface area contributed by atoms with E-state index in [0.717, 1.165) is 24.3 Å². The summed E-state index contributed by atoms with van der Waals surface area (Å²) >= 11 is 0. The molecule has 2 aromatic heterocycles. The predicted molar refractivity (Wildman–Crippen MR) is 77.6 cm³/mol. The van der Waals surface area contributed by atoms with Gasteiger partial charge in [-0.25, -0.2) is 0 Å². The monoisotopic (exact) mass is 274 g/mol. The Balaban J connectivity index is 1.74. The van der Waals surface area contributed by atoms with Crippen LogP contribution in [0.3, 0.4) is 0 Å². The van der Waals surface area contributed by atoms with Crippen LogP contribution < -0.4 is 5.32 Å². The smallest absolute Gasteiger partial charge is 0.160 e. The molecule has 1 N–H and O–H groups in total. The minimum absolute atomic E-state index is 0.176. The second-order valence-corrected chi connectivity index (χ2v) is 5.80. The molecule has 1 aliphatic heterocycles. The fourth-order valence-corrected chi connectivity index (χ4v) is 3.12. The van der Waals surface area contributed by atoms with E-state index in [1.54, 1.807) is 0 Å². The molecule has 0 aliphatic carbocycles. The summed E-state index contributed by atoms with van der Waals surface area (Å²) in [4.78, 5) is 0. The molecule has 3 atom stereocenters. The molecule has 2 aromatic rings. The molecule has 5 heteroatoms. The van der Waals surface area contributed by atoms with Gasteiger partial charge < -0.3 is 10.1 Å². The molecule has 3 unspecified atom stereocenters. The highest BCUT2D eigenvalue weighted by molar-refractivity contribution is 5.37. The quantitative estimate of drug-likeness (QED) is 0.933. The number of nitrogens with zero attached hydrogens (tertiary/aromatic N) is 3. The van der Waals surface area contributed by atoms with Gasteiger partial charge in [0, 0.05) is 12.2 Å². The fourth-order valence-electron chi connectivity index (χ4n) is 3.12. The van der Waals surface area contributed by atoms with Crippen LogP contribution in [-0.2, 0) is 4.74 Å². The fraction of sp³-hybridized carbons (Fsp3) is 0.600.